The van der Waals surface area contributed by atoms with E-state index >= 15 is 0 Å². The lowest BCUT2D eigenvalue weighted by Gasteiger charge is -2.23. The lowest BCUT2D eigenvalue weighted by molar-refractivity contribution is -0.119. The zero-order valence-corrected chi connectivity index (χ0v) is 13.9. The first-order chi connectivity index (χ1) is 10.1. The zero-order valence-electron chi connectivity index (χ0n) is 12.4. The highest BCUT2D eigenvalue weighted by Crippen LogP contribution is 2.29. The molecule has 1 aliphatic heterocycles. The first-order valence-corrected chi connectivity index (χ1v) is 8.45. The van der Waals surface area contributed by atoms with Crippen LogP contribution in [0, 0.1) is 0 Å². The third kappa shape index (κ3) is 3.98. The van der Waals surface area contributed by atoms with Crippen molar-refractivity contribution in [1.29, 1.82) is 0 Å². The van der Waals surface area contributed by atoms with Crippen LogP contribution in [0.2, 0.25) is 0 Å². The van der Waals surface area contributed by atoms with E-state index in [9.17, 15) is 4.79 Å². The van der Waals surface area contributed by atoms with Crippen molar-refractivity contribution in [3.8, 4) is 0 Å². The number of rotatable bonds is 5. The summed E-state index contributed by atoms with van der Waals surface area (Å²) in [6.07, 6.45) is 3.63. The van der Waals surface area contributed by atoms with E-state index in [-0.39, 0.29) is 11.9 Å². The molecule has 1 amide bonds. The van der Waals surface area contributed by atoms with Gasteiger partial charge < -0.3 is 15.5 Å². The van der Waals surface area contributed by atoms with Gasteiger partial charge in [0.25, 0.3) is 0 Å². The molecule has 1 aromatic rings. The van der Waals surface area contributed by atoms with Crippen LogP contribution < -0.4 is 15.5 Å². The Hall–Kier alpha value is -1.07. The number of benzene rings is 1. The molecule has 2 fully saturated rings. The molecule has 1 saturated heterocycles. The van der Waals surface area contributed by atoms with Gasteiger partial charge in [-0.15, -0.1) is 0 Å². The van der Waals surface area contributed by atoms with Crippen LogP contribution in [0.15, 0.2) is 22.7 Å². The number of carbonyl (C=O) groups is 1. The smallest absolute Gasteiger partial charge is 0.217 e. The van der Waals surface area contributed by atoms with Gasteiger partial charge in [-0.3, -0.25) is 4.79 Å². The van der Waals surface area contributed by atoms with E-state index in [0.29, 0.717) is 6.04 Å². The molecule has 3 rings (SSSR count). The highest BCUT2D eigenvalue weighted by Gasteiger charge is 2.26. The number of amides is 1. The summed E-state index contributed by atoms with van der Waals surface area (Å²) in [6.45, 7) is 4.41. The second-order valence-electron chi connectivity index (χ2n) is 6.06. The van der Waals surface area contributed by atoms with E-state index in [0.717, 1.165) is 30.5 Å². The van der Waals surface area contributed by atoms with E-state index in [2.05, 4.69) is 49.7 Å². The van der Waals surface area contributed by atoms with Gasteiger partial charge in [0.2, 0.25) is 5.91 Å². The molecule has 0 spiro atoms. The van der Waals surface area contributed by atoms with Gasteiger partial charge in [0.15, 0.2) is 0 Å². The predicted molar refractivity (Wildman–Crippen MR) is 88.4 cm³/mol. The van der Waals surface area contributed by atoms with Crippen LogP contribution >= 0.6 is 15.9 Å². The van der Waals surface area contributed by atoms with E-state index in [4.69, 9.17) is 0 Å². The van der Waals surface area contributed by atoms with Crippen molar-refractivity contribution in [3.05, 3.63) is 28.2 Å². The summed E-state index contributed by atoms with van der Waals surface area (Å²) in [5, 5.41) is 6.62. The number of carbonyl (C=O) groups excluding carboxylic acids is 1. The maximum Gasteiger partial charge on any atom is 0.217 e. The highest BCUT2D eigenvalue weighted by molar-refractivity contribution is 9.10. The molecule has 114 valence electrons. The van der Waals surface area contributed by atoms with E-state index in [1.54, 1.807) is 6.92 Å². The molecule has 0 radical (unpaired) electrons. The summed E-state index contributed by atoms with van der Waals surface area (Å²) in [4.78, 5) is 13.6. The summed E-state index contributed by atoms with van der Waals surface area (Å²) < 4.78 is 1.11. The van der Waals surface area contributed by atoms with Gasteiger partial charge in [0.05, 0.1) is 0 Å². The normalized spacial score (nSPS) is 21.6. The second kappa shape index (κ2) is 6.36. The number of hydrogen-bond acceptors (Lipinski definition) is 3. The number of nitrogens with zero attached hydrogens (tertiary/aromatic N) is 1. The standard InChI is InChI=1S/C16H22BrN3O/c1-11(21)19-15-6-7-20(10-15)16-8-13(17)3-2-12(16)9-18-14-4-5-14/h2-3,8,14-15,18H,4-7,9-10H2,1H3,(H,19,21). The zero-order chi connectivity index (χ0) is 14.8. The SMILES string of the molecule is CC(=O)NC1CCN(c2cc(Br)ccc2CNC2CC2)C1. The van der Waals surface area contributed by atoms with Crippen molar-refractivity contribution in [2.45, 2.75) is 44.8 Å². The molecule has 1 heterocycles. The number of anilines is 1. The van der Waals surface area contributed by atoms with Crippen LogP contribution in [0.4, 0.5) is 5.69 Å². The van der Waals surface area contributed by atoms with E-state index in [1.807, 2.05) is 0 Å². The molecule has 1 saturated carbocycles. The molecule has 4 nitrogen and oxygen atoms in total. The van der Waals surface area contributed by atoms with Crippen molar-refractivity contribution in [3.63, 3.8) is 0 Å². The van der Waals surface area contributed by atoms with Crippen LogP contribution in [-0.2, 0) is 11.3 Å². The first-order valence-electron chi connectivity index (χ1n) is 7.65. The molecule has 21 heavy (non-hydrogen) atoms. The fraction of sp³-hybridized carbons (Fsp3) is 0.562. The molecule has 5 heteroatoms. The molecule has 0 aromatic heterocycles. The minimum Gasteiger partial charge on any atom is -0.369 e. The molecule has 0 bridgehead atoms. The lowest BCUT2D eigenvalue weighted by Crippen LogP contribution is -2.35. The van der Waals surface area contributed by atoms with Gasteiger partial charge in [0.1, 0.15) is 0 Å². The Kier molecular flexibility index (Phi) is 4.50. The third-order valence-corrected chi connectivity index (χ3v) is 4.64. The Labute approximate surface area is 134 Å². The molecule has 1 atom stereocenters. The molecule has 2 N–H and O–H groups in total. The van der Waals surface area contributed by atoms with Crippen LogP contribution in [-0.4, -0.2) is 31.1 Å². The van der Waals surface area contributed by atoms with E-state index in [1.165, 1.54) is 24.1 Å². The molecule has 1 unspecified atom stereocenters. The Morgan fingerprint density at radius 1 is 1.33 bits per heavy atom. The Morgan fingerprint density at radius 3 is 2.86 bits per heavy atom. The second-order valence-corrected chi connectivity index (χ2v) is 6.98. The van der Waals surface area contributed by atoms with Gasteiger partial charge in [-0.2, -0.15) is 0 Å². The minimum atomic E-state index is 0.0618. The predicted octanol–water partition coefficient (Wildman–Crippen LogP) is 2.42. The topological polar surface area (TPSA) is 44.4 Å². The average molecular weight is 352 g/mol. The summed E-state index contributed by atoms with van der Waals surface area (Å²) in [5.74, 6) is 0.0618. The average Bonchev–Trinajstić information content (AvgIpc) is 3.15. The summed E-state index contributed by atoms with van der Waals surface area (Å²) in [6, 6.07) is 7.48. The van der Waals surface area contributed by atoms with Crippen molar-refractivity contribution >= 4 is 27.5 Å². The quantitative estimate of drug-likeness (QED) is 0.856. The molecule has 1 aliphatic carbocycles. The van der Waals surface area contributed by atoms with E-state index < -0.39 is 0 Å². The minimum absolute atomic E-state index is 0.0618. The monoisotopic (exact) mass is 351 g/mol. The number of halogens is 1. The Balaban J connectivity index is 1.70. The number of hydrogen-bond donors (Lipinski definition) is 2. The molecule has 1 aromatic carbocycles. The Bertz CT molecular complexity index is 530. The Morgan fingerprint density at radius 2 is 2.14 bits per heavy atom. The lowest BCUT2D eigenvalue weighted by atomic mass is 10.1. The summed E-state index contributed by atoms with van der Waals surface area (Å²) in [5.41, 5.74) is 2.62. The van der Waals surface area contributed by atoms with Crippen LogP contribution in [0.1, 0.15) is 31.7 Å². The van der Waals surface area contributed by atoms with Gasteiger partial charge in [-0.25, -0.2) is 0 Å². The van der Waals surface area contributed by atoms with Crippen LogP contribution in [0.3, 0.4) is 0 Å². The maximum absolute atomic E-state index is 11.2. The first kappa shape index (κ1) is 14.9. The molecular formula is C16H22BrN3O. The van der Waals surface area contributed by atoms with Crippen LogP contribution in [0.25, 0.3) is 0 Å². The molecule has 2 aliphatic rings. The largest absolute Gasteiger partial charge is 0.369 e. The van der Waals surface area contributed by atoms with Gasteiger partial charge in [-0.05, 0) is 37.0 Å². The van der Waals surface area contributed by atoms with Gasteiger partial charge >= 0.3 is 0 Å². The summed E-state index contributed by atoms with van der Waals surface area (Å²) >= 11 is 3.57. The molecular weight excluding hydrogens is 330 g/mol. The summed E-state index contributed by atoms with van der Waals surface area (Å²) in [7, 11) is 0. The fourth-order valence-electron chi connectivity index (χ4n) is 2.91. The van der Waals surface area contributed by atoms with Crippen molar-refractivity contribution in [1.82, 2.24) is 10.6 Å². The maximum atomic E-state index is 11.2. The van der Waals surface area contributed by atoms with Crippen molar-refractivity contribution < 1.29 is 4.79 Å². The van der Waals surface area contributed by atoms with Crippen molar-refractivity contribution in [2.24, 2.45) is 0 Å². The van der Waals surface area contributed by atoms with Crippen molar-refractivity contribution in [2.75, 3.05) is 18.0 Å². The van der Waals surface area contributed by atoms with Crippen LogP contribution in [0.5, 0.6) is 0 Å². The van der Waals surface area contributed by atoms with Gasteiger partial charge in [0, 0.05) is 48.8 Å². The highest BCUT2D eigenvalue weighted by atomic mass is 79.9. The number of nitrogens with one attached hydrogen (secondary N) is 2. The van der Waals surface area contributed by atoms with Gasteiger partial charge in [-0.1, -0.05) is 22.0 Å². The fourth-order valence-corrected chi connectivity index (χ4v) is 3.26. The third-order valence-electron chi connectivity index (χ3n) is 4.14.